The lowest BCUT2D eigenvalue weighted by Crippen LogP contribution is -2.13. The van der Waals surface area contributed by atoms with E-state index in [0.717, 1.165) is 0 Å². The third kappa shape index (κ3) is 7.16. The van der Waals surface area contributed by atoms with Gasteiger partial charge in [0, 0.05) is 13.8 Å². The van der Waals surface area contributed by atoms with Crippen LogP contribution in [0.15, 0.2) is 0 Å². The number of carbonyl (C=O) groups excluding carboxylic acids is 2. The van der Waals surface area contributed by atoms with Gasteiger partial charge in [0.25, 0.3) is 5.97 Å². The third-order valence-electron chi connectivity index (χ3n) is 0.550. The number of esters is 1. The van der Waals surface area contributed by atoms with E-state index in [4.69, 9.17) is 0 Å². The summed E-state index contributed by atoms with van der Waals surface area (Å²) in [6, 6.07) is 0. The second-order valence-corrected chi connectivity index (χ2v) is 2.30. The minimum absolute atomic E-state index is 0.0872. The van der Waals surface area contributed by atoms with Crippen molar-refractivity contribution in [2.45, 2.75) is 13.8 Å². The number of hydrogen-bond acceptors (Lipinski definition) is 4. The third-order valence-corrected chi connectivity index (χ3v) is 1.24. The van der Waals surface area contributed by atoms with E-state index in [0.29, 0.717) is 0 Å². The van der Waals surface area contributed by atoms with Crippen molar-refractivity contribution in [3.8, 4) is 0 Å². The Kier molecular flexibility index (Phi) is 4.56. The Morgan fingerprint density at radius 3 is 2.30 bits per heavy atom. The molecular weight excluding hydrogens is 152 g/mol. The average Bonchev–Trinajstić information content (AvgIpc) is 1.79. The molecule has 0 saturated heterocycles. The molecule has 0 rings (SSSR count). The summed E-state index contributed by atoms with van der Waals surface area (Å²) >= 11 is 0. The maximum atomic E-state index is 10.1. The summed E-state index contributed by atoms with van der Waals surface area (Å²) in [7, 11) is -0.0872. The highest BCUT2D eigenvalue weighted by Crippen LogP contribution is 1.76. The first-order valence-electron chi connectivity index (χ1n) is 2.66. The van der Waals surface area contributed by atoms with Gasteiger partial charge in [0.2, 0.25) is 0 Å². The van der Waals surface area contributed by atoms with Gasteiger partial charge in [-0.2, -0.15) is 0 Å². The quantitative estimate of drug-likeness (QED) is 0.323. The average molecular weight is 160 g/mol. The van der Waals surface area contributed by atoms with Crippen molar-refractivity contribution >= 4 is 21.7 Å². The van der Waals surface area contributed by atoms with Crippen molar-refractivity contribution in [1.82, 2.24) is 0 Å². The predicted molar refractivity (Wildman–Crippen MR) is 34.2 cm³/mol. The van der Waals surface area contributed by atoms with Gasteiger partial charge in [-0.3, -0.25) is 9.59 Å². The van der Waals surface area contributed by atoms with Gasteiger partial charge in [-0.15, -0.1) is 0 Å². The standard InChI is InChI=1S/C5H8O4Si/c1-4(6)8-3-10-9-5(2)7/h3H2,1-2H3. The van der Waals surface area contributed by atoms with Crippen LogP contribution in [0.3, 0.4) is 0 Å². The molecule has 0 aliphatic carbocycles. The van der Waals surface area contributed by atoms with Crippen LogP contribution in [-0.4, -0.2) is 27.9 Å². The van der Waals surface area contributed by atoms with Gasteiger partial charge in [0.05, 0.1) is 0 Å². The Hall–Kier alpha value is -0.843. The molecule has 0 heterocycles. The molecule has 0 aromatic heterocycles. The summed E-state index contributed by atoms with van der Waals surface area (Å²) in [4.78, 5) is 20.3. The SMILES string of the molecule is CC(=O)OC[Si]OC(C)=O. The van der Waals surface area contributed by atoms with Crippen LogP contribution in [0.4, 0.5) is 0 Å². The zero-order chi connectivity index (χ0) is 7.98. The molecule has 0 N–H and O–H groups in total. The first-order chi connectivity index (χ1) is 4.63. The van der Waals surface area contributed by atoms with E-state index in [1.165, 1.54) is 13.8 Å². The van der Waals surface area contributed by atoms with Crippen LogP contribution in [0.25, 0.3) is 0 Å². The highest BCUT2D eigenvalue weighted by molar-refractivity contribution is 6.30. The number of hydrogen-bond donors (Lipinski definition) is 0. The maximum Gasteiger partial charge on any atom is 0.356 e. The number of carbonyl (C=O) groups is 2. The van der Waals surface area contributed by atoms with Crippen molar-refractivity contribution in [2.75, 3.05) is 6.23 Å². The minimum Gasteiger partial charge on any atom is -0.513 e. The molecular formula is C5H8O4Si. The van der Waals surface area contributed by atoms with Crippen LogP contribution in [0.1, 0.15) is 13.8 Å². The fourth-order valence-corrected chi connectivity index (χ4v) is 0.787. The molecule has 10 heavy (non-hydrogen) atoms. The smallest absolute Gasteiger partial charge is 0.356 e. The van der Waals surface area contributed by atoms with E-state index < -0.39 is 0 Å². The topological polar surface area (TPSA) is 52.6 Å². The Labute approximate surface area is 61.4 Å². The lowest BCUT2D eigenvalue weighted by molar-refractivity contribution is -0.140. The summed E-state index contributed by atoms with van der Waals surface area (Å²) in [6.45, 7) is 2.61. The molecule has 2 radical (unpaired) electrons. The van der Waals surface area contributed by atoms with Gasteiger partial charge in [0.1, 0.15) is 6.23 Å². The van der Waals surface area contributed by atoms with E-state index in [1.54, 1.807) is 0 Å². The second kappa shape index (κ2) is 4.98. The van der Waals surface area contributed by atoms with Crippen LogP contribution in [-0.2, 0) is 18.8 Å². The number of ether oxygens (including phenoxy) is 1. The lowest BCUT2D eigenvalue weighted by Gasteiger charge is -1.98. The van der Waals surface area contributed by atoms with E-state index in [-0.39, 0.29) is 27.9 Å². The summed E-state index contributed by atoms with van der Waals surface area (Å²) in [5.41, 5.74) is 0. The van der Waals surface area contributed by atoms with Crippen LogP contribution in [0.2, 0.25) is 0 Å². The molecule has 0 amide bonds. The normalized spacial score (nSPS) is 8.60. The second-order valence-electron chi connectivity index (χ2n) is 1.52. The Morgan fingerprint density at radius 2 is 1.90 bits per heavy atom. The summed E-state index contributed by atoms with van der Waals surface area (Å²) in [6.07, 6.45) is 0.162. The molecule has 0 bridgehead atoms. The van der Waals surface area contributed by atoms with Gasteiger partial charge in [0.15, 0.2) is 0 Å². The molecule has 5 heteroatoms. The molecule has 0 saturated carbocycles. The van der Waals surface area contributed by atoms with Crippen molar-refractivity contribution in [1.29, 1.82) is 0 Å². The van der Waals surface area contributed by atoms with Crippen molar-refractivity contribution in [3.63, 3.8) is 0 Å². The first kappa shape index (κ1) is 9.16. The minimum atomic E-state index is -0.361. The molecule has 0 atom stereocenters. The monoisotopic (exact) mass is 160 g/mol. The molecule has 56 valence electrons. The van der Waals surface area contributed by atoms with Crippen LogP contribution >= 0.6 is 0 Å². The van der Waals surface area contributed by atoms with Crippen molar-refractivity contribution in [2.24, 2.45) is 0 Å². The molecule has 0 fully saturated rings. The summed E-state index contributed by atoms with van der Waals surface area (Å²) in [5, 5.41) is 0. The fraction of sp³-hybridized carbons (Fsp3) is 0.600. The van der Waals surface area contributed by atoms with Crippen molar-refractivity contribution < 1.29 is 18.8 Å². The summed E-state index contributed by atoms with van der Waals surface area (Å²) < 4.78 is 8.99. The Morgan fingerprint density at radius 1 is 1.30 bits per heavy atom. The van der Waals surface area contributed by atoms with E-state index >= 15 is 0 Å². The van der Waals surface area contributed by atoms with Crippen LogP contribution in [0.5, 0.6) is 0 Å². The molecule has 0 spiro atoms. The zero-order valence-corrected chi connectivity index (χ0v) is 6.84. The van der Waals surface area contributed by atoms with E-state index in [1.807, 2.05) is 0 Å². The zero-order valence-electron chi connectivity index (χ0n) is 5.84. The predicted octanol–water partition coefficient (Wildman–Crippen LogP) is -0.311. The van der Waals surface area contributed by atoms with Gasteiger partial charge >= 0.3 is 15.7 Å². The molecule has 0 aliphatic rings. The molecule has 0 aromatic rings. The molecule has 4 nitrogen and oxygen atoms in total. The molecule has 0 aliphatic heterocycles. The molecule has 0 aromatic carbocycles. The summed E-state index contributed by atoms with van der Waals surface area (Å²) in [5.74, 6) is -0.717. The van der Waals surface area contributed by atoms with Crippen LogP contribution in [0, 0.1) is 0 Å². The van der Waals surface area contributed by atoms with Crippen molar-refractivity contribution in [3.05, 3.63) is 0 Å². The maximum absolute atomic E-state index is 10.1. The van der Waals surface area contributed by atoms with E-state index in [9.17, 15) is 9.59 Å². The largest absolute Gasteiger partial charge is 0.513 e. The van der Waals surface area contributed by atoms with Gasteiger partial charge in [-0.1, -0.05) is 0 Å². The Balaban J connectivity index is 3.06. The van der Waals surface area contributed by atoms with Crippen LogP contribution < -0.4 is 0 Å². The first-order valence-corrected chi connectivity index (χ1v) is 3.78. The van der Waals surface area contributed by atoms with Gasteiger partial charge in [-0.25, -0.2) is 0 Å². The van der Waals surface area contributed by atoms with Gasteiger partial charge < -0.3 is 9.16 Å². The lowest BCUT2D eigenvalue weighted by atomic mass is 10.8. The van der Waals surface area contributed by atoms with Gasteiger partial charge in [-0.05, 0) is 0 Å². The fourth-order valence-electron chi connectivity index (χ4n) is 0.262. The Bertz CT molecular complexity index is 118. The highest BCUT2D eigenvalue weighted by atomic mass is 28.2. The molecule has 0 unspecified atom stereocenters. The van der Waals surface area contributed by atoms with E-state index in [2.05, 4.69) is 9.16 Å². The highest BCUT2D eigenvalue weighted by Gasteiger charge is 1.97. The number of rotatable bonds is 3.